The first-order valence-electron chi connectivity index (χ1n) is 13.4. The molecular formula is C30H42N2O7S. The fourth-order valence-electron chi connectivity index (χ4n) is 4.28. The van der Waals surface area contributed by atoms with Gasteiger partial charge in [0.2, 0.25) is 10.0 Å². The zero-order valence-corrected chi connectivity index (χ0v) is 24.2. The van der Waals surface area contributed by atoms with E-state index in [1.54, 1.807) is 12.1 Å². The first kappa shape index (κ1) is 32.9. The second-order valence-corrected chi connectivity index (χ2v) is 11.6. The van der Waals surface area contributed by atoms with Crippen LogP contribution in [0.1, 0.15) is 38.2 Å². The van der Waals surface area contributed by atoms with Crippen molar-refractivity contribution in [3.63, 3.8) is 0 Å². The number of aliphatic hydroxyl groups is 1. The molecule has 1 amide bonds. The molecule has 220 valence electrons. The zero-order chi connectivity index (χ0) is 29.5. The maximum Gasteiger partial charge on any atom is 0.404 e. The summed E-state index contributed by atoms with van der Waals surface area (Å²) in [6, 6.07) is 12.7. The number of rotatable bonds is 19. The smallest absolute Gasteiger partial charge is 0.404 e. The molecule has 0 radical (unpaired) electrons. The lowest BCUT2D eigenvalue weighted by Crippen LogP contribution is -2.51. The molecule has 2 rings (SSSR count). The van der Waals surface area contributed by atoms with Crippen LogP contribution in [0.3, 0.4) is 0 Å². The number of carboxylic acid groups (broad SMARTS) is 1. The van der Waals surface area contributed by atoms with Crippen LogP contribution in [-0.2, 0) is 16.4 Å². The first-order valence-corrected chi connectivity index (χ1v) is 14.8. The number of nitrogens with one attached hydrogen (secondary N) is 1. The third-order valence-corrected chi connectivity index (χ3v) is 8.25. The van der Waals surface area contributed by atoms with Gasteiger partial charge in [0.15, 0.2) is 0 Å². The molecule has 3 atom stereocenters. The van der Waals surface area contributed by atoms with Gasteiger partial charge in [0, 0.05) is 19.2 Å². The van der Waals surface area contributed by atoms with E-state index in [0.717, 1.165) is 18.4 Å². The summed E-state index contributed by atoms with van der Waals surface area (Å²) in [6.45, 7) is 9.41. The predicted octanol–water partition coefficient (Wildman–Crippen LogP) is 4.87. The Bertz CT molecular complexity index is 1190. The van der Waals surface area contributed by atoms with Crippen molar-refractivity contribution in [3.05, 3.63) is 79.4 Å². The molecule has 2 aromatic rings. The van der Waals surface area contributed by atoms with Crippen LogP contribution in [0.4, 0.5) is 4.79 Å². The Morgan fingerprint density at radius 3 is 2.45 bits per heavy atom. The minimum atomic E-state index is -4.18. The summed E-state index contributed by atoms with van der Waals surface area (Å²) in [4.78, 5) is 11.5. The number of sulfonamides is 1. The molecule has 0 aliphatic carbocycles. The fraction of sp³-hybridized carbons (Fsp3) is 0.433. The van der Waals surface area contributed by atoms with E-state index in [-0.39, 0.29) is 36.1 Å². The normalized spacial score (nSPS) is 13.7. The van der Waals surface area contributed by atoms with E-state index in [1.165, 1.54) is 23.5 Å². The van der Waals surface area contributed by atoms with E-state index >= 15 is 0 Å². The van der Waals surface area contributed by atoms with Crippen molar-refractivity contribution in [2.45, 2.75) is 56.1 Å². The molecule has 1 unspecified atom stereocenters. The number of hydrogen-bond acceptors (Lipinski definition) is 6. The maximum absolute atomic E-state index is 14.1. The lowest BCUT2D eigenvalue weighted by molar-refractivity contribution is 0.0975. The highest BCUT2D eigenvalue weighted by Gasteiger charge is 2.33. The molecule has 0 heterocycles. The number of aliphatic hydroxyl groups excluding tert-OH is 1. The number of hydrogen-bond donors (Lipinski definition) is 3. The van der Waals surface area contributed by atoms with Gasteiger partial charge in [-0.05, 0) is 55.7 Å². The SMILES string of the molecule is C=CCCCCOc1cc(OC)ccc1S(=O)(=O)N(CC(C)CC=C)C[C@@H](O)[C@H](Cc1ccccc1)NC(=O)O. The highest BCUT2D eigenvalue weighted by molar-refractivity contribution is 7.89. The molecule has 40 heavy (non-hydrogen) atoms. The van der Waals surface area contributed by atoms with E-state index in [4.69, 9.17) is 9.47 Å². The lowest BCUT2D eigenvalue weighted by atomic mass is 10.0. The summed E-state index contributed by atoms with van der Waals surface area (Å²) in [5.41, 5.74) is 0.803. The summed E-state index contributed by atoms with van der Waals surface area (Å²) in [5.74, 6) is 0.486. The van der Waals surface area contributed by atoms with Gasteiger partial charge in [-0.2, -0.15) is 4.31 Å². The Morgan fingerprint density at radius 2 is 1.82 bits per heavy atom. The number of nitrogens with zero attached hydrogens (tertiary/aromatic N) is 1. The second-order valence-electron chi connectivity index (χ2n) is 9.71. The molecule has 0 aromatic heterocycles. The number of unbranched alkanes of at least 4 members (excludes halogenated alkanes) is 2. The topological polar surface area (TPSA) is 125 Å². The quantitative estimate of drug-likeness (QED) is 0.161. The van der Waals surface area contributed by atoms with Gasteiger partial charge in [-0.3, -0.25) is 0 Å². The Morgan fingerprint density at radius 1 is 1.10 bits per heavy atom. The van der Waals surface area contributed by atoms with Crippen molar-refractivity contribution in [1.29, 1.82) is 0 Å². The molecule has 0 bridgehead atoms. The molecule has 0 spiro atoms. The van der Waals surface area contributed by atoms with Gasteiger partial charge in [0.1, 0.15) is 16.4 Å². The minimum absolute atomic E-state index is 0.0548. The summed E-state index contributed by atoms with van der Waals surface area (Å²) in [7, 11) is -2.69. The Labute approximate surface area is 238 Å². The van der Waals surface area contributed by atoms with Gasteiger partial charge in [-0.1, -0.05) is 49.4 Å². The summed E-state index contributed by atoms with van der Waals surface area (Å²) >= 11 is 0. The minimum Gasteiger partial charge on any atom is -0.497 e. The van der Waals surface area contributed by atoms with E-state index in [9.17, 15) is 23.4 Å². The lowest BCUT2D eigenvalue weighted by Gasteiger charge is -2.31. The van der Waals surface area contributed by atoms with E-state index in [0.29, 0.717) is 25.2 Å². The molecule has 0 saturated heterocycles. The number of carbonyl (C=O) groups is 1. The largest absolute Gasteiger partial charge is 0.497 e. The summed E-state index contributed by atoms with van der Waals surface area (Å²) in [6.07, 6.45) is 4.02. The number of methoxy groups -OCH3 is 1. The standard InChI is InChI=1S/C30H42N2O7S/c1-5-7-8-12-18-39-28-20-25(38-4)16-17-29(28)40(36,37)32(21-23(3)13-6-2)22-27(33)26(31-30(34)35)19-24-14-10-9-11-15-24/h5-6,9-11,14-17,20,23,26-27,31,33H,1-2,7-8,12-13,18-19,21-22H2,3-4H3,(H,34,35)/t23?,26-,27+/m0/s1. The Hall–Kier alpha value is -3.34. The molecule has 3 N–H and O–H groups in total. The number of allylic oxidation sites excluding steroid dienone is 2. The van der Waals surface area contributed by atoms with Crippen LogP contribution in [0.15, 0.2) is 78.7 Å². The molecule has 0 fully saturated rings. The van der Waals surface area contributed by atoms with Gasteiger partial charge in [-0.25, -0.2) is 13.2 Å². The van der Waals surface area contributed by atoms with Crippen LogP contribution in [0.2, 0.25) is 0 Å². The van der Waals surface area contributed by atoms with Crippen LogP contribution in [0.25, 0.3) is 0 Å². The molecule has 2 aromatic carbocycles. The van der Waals surface area contributed by atoms with Crippen LogP contribution in [0, 0.1) is 5.92 Å². The predicted molar refractivity (Wildman–Crippen MR) is 156 cm³/mol. The van der Waals surface area contributed by atoms with Crippen LogP contribution in [0.5, 0.6) is 11.5 Å². The third-order valence-electron chi connectivity index (χ3n) is 6.38. The van der Waals surface area contributed by atoms with Crippen LogP contribution in [-0.4, -0.2) is 68.0 Å². The Kier molecular flexibility index (Phi) is 13.7. The van der Waals surface area contributed by atoms with Crippen molar-refractivity contribution in [2.24, 2.45) is 5.92 Å². The maximum atomic E-state index is 14.1. The van der Waals surface area contributed by atoms with E-state index < -0.39 is 28.3 Å². The van der Waals surface area contributed by atoms with Crippen LogP contribution < -0.4 is 14.8 Å². The fourth-order valence-corrected chi connectivity index (χ4v) is 5.97. The molecule has 0 aliphatic heterocycles. The zero-order valence-electron chi connectivity index (χ0n) is 23.4. The van der Waals surface area contributed by atoms with E-state index in [2.05, 4.69) is 18.5 Å². The van der Waals surface area contributed by atoms with E-state index in [1.807, 2.05) is 43.3 Å². The van der Waals surface area contributed by atoms with Gasteiger partial charge in [-0.15, -0.1) is 13.2 Å². The average Bonchev–Trinajstić information content (AvgIpc) is 2.92. The Balaban J connectivity index is 2.41. The second kappa shape index (κ2) is 16.7. The summed E-state index contributed by atoms with van der Waals surface area (Å²) < 4.78 is 40.6. The number of benzene rings is 2. The molecular weight excluding hydrogens is 532 g/mol. The van der Waals surface area contributed by atoms with Crippen molar-refractivity contribution in [2.75, 3.05) is 26.8 Å². The molecule has 9 nitrogen and oxygen atoms in total. The monoisotopic (exact) mass is 574 g/mol. The van der Waals surface area contributed by atoms with Crippen molar-refractivity contribution >= 4 is 16.1 Å². The first-order chi connectivity index (χ1) is 19.1. The van der Waals surface area contributed by atoms with Crippen molar-refractivity contribution in [3.8, 4) is 11.5 Å². The molecule has 10 heteroatoms. The molecule has 0 aliphatic rings. The van der Waals surface area contributed by atoms with Gasteiger partial charge < -0.3 is 25.0 Å². The number of amides is 1. The number of ether oxygens (including phenoxy) is 2. The molecule has 0 saturated carbocycles. The van der Waals surface area contributed by atoms with Crippen molar-refractivity contribution in [1.82, 2.24) is 9.62 Å². The van der Waals surface area contributed by atoms with Crippen molar-refractivity contribution < 1.29 is 32.9 Å². The average molecular weight is 575 g/mol. The highest BCUT2D eigenvalue weighted by atomic mass is 32.2. The third kappa shape index (κ3) is 10.3. The van der Waals surface area contributed by atoms with Gasteiger partial charge in [0.25, 0.3) is 0 Å². The van der Waals surface area contributed by atoms with Crippen LogP contribution >= 0.6 is 0 Å². The van der Waals surface area contributed by atoms with Gasteiger partial charge >= 0.3 is 6.09 Å². The summed E-state index contributed by atoms with van der Waals surface area (Å²) in [5, 5.41) is 23.0. The van der Waals surface area contributed by atoms with Gasteiger partial charge in [0.05, 0.1) is 25.9 Å². The highest BCUT2D eigenvalue weighted by Crippen LogP contribution is 2.32.